The van der Waals surface area contributed by atoms with Crippen LogP contribution in [0, 0.1) is 6.92 Å². The van der Waals surface area contributed by atoms with E-state index in [4.69, 9.17) is 0 Å². The summed E-state index contributed by atoms with van der Waals surface area (Å²) < 4.78 is 3.86. The third kappa shape index (κ3) is 3.85. The molecule has 28 heavy (non-hydrogen) atoms. The van der Waals surface area contributed by atoms with Crippen LogP contribution in [0.4, 0.5) is 5.82 Å². The van der Waals surface area contributed by atoms with Crippen molar-refractivity contribution in [2.75, 3.05) is 11.9 Å². The molecule has 0 aromatic carbocycles. The van der Waals surface area contributed by atoms with Gasteiger partial charge in [-0.1, -0.05) is 13.3 Å². The molecule has 0 saturated heterocycles. The predicted molar refractivity (Wildman–Crippen MR) is 108 cm³/mol. The number of fused-ring (bicyclic) bond motifs is 1. The second-order valence-electron chi connectivity index (χ2n) is 6.73. The summed E-state index contributed by atoms with van der Waals surface area (Å²) in [6.45, 7) is 5.68. The number of anilines is 1. The van der Waals surface area contributed by atoms with E-state index in [1.54, 1.807) is 16.9 Å². The molecule has 4 rings (SSSR count). The van der Waals surface area contributed by atoms with Crippen LogP contribution in [0.3, 0.4) is 0 Å². The maximum Gasteiger partial charge on any atom is 0.165 e. The number of aryl methyl sites for hydroxylation is 2. The van der Waals surface area contributed by atoms with Crippen molar-refractivity contribution in [3.63, 3.8) is 0 Å². The SMILES string of the molecule is CCCCc1nc(C)cc(NCCn2ccnc2-c2cnn3cccnc23)n1. The van der Waals surface area contributed by atoms with E-state index in [9.17, 15) is 0 Å². The fraction of sp³-hybridized carbons (Fsp3) is 0.350. The molecule has 0 unspecified atom stereocenters. The fourth-order valence-electron chi connectivity index (χ4n) is 3.19. The van der Waals surface area contributed by atoms with Crippen molar-refractivity contribution in [1.82, 2.24) is 34.1 Å². The highest BCUT2D eigenvalue weighted by molar-refractivity contribution is 5.72. The van der Waals surface area contributed by atoms with Crippen LogP contribution in [0.2, 0.25) is 0 Å². The number of nitrogens with one attached hydrogen (secondary N) is 1. The van der Waals surface area contributed by atoms with E-state index in [1.807, 2.05) is 37.6 Å². The van der Waals surface area contributed by atoms with Crippen molar-refractivity contribution in [3.05, 3.63) is 54.6 Å². The van der Waals surface area contributed by atoms with Crippen LogP contribution in [-0.2, 0) is 13.0 Å². The van der Waals surface area contributed by atoms with E-state index < -0.39 is 0 Å². The summed E-state index contributed by atoms with van der Waals surface area (Å²) in [6, 6.07) is 3.85. The molecule has 1 N–H and O–H groups in total. The lowest BCUT2D eigenvalue weighted by Crippen LogP contribution is -2.13. The average Bonchev–Trinajstić information content (AvgIpc) is 3.32. The highest BCUT2D eigenvalue weighted by Gasteiger charge is 2.13. The summed E-state index contributed by atoms with van der Waals surface area (Å²) in [4.78, 5) is 18.1. The van der Waals surface area contributed by atoms with Crippen molar-refractivity contribution < 1.29 is 0 Å². The number of nitrogens with zero attached hydrogens (tertiary/aromatic N) is 7. The molecular formula is C20H24N8. The van der Waals surface area contributed by atoms with E-state index >= 15 is 0 Å². The predicted octanol–water partition coefficient (Wildman–Crippen LogP) is 3.15. The Bertz CT molecular complexity index is 1060. The quantitative estimate of drug-likeness (QED) is 0.508. The average molecular weight is 376 g/mol. The summed E-state index contributed by atoms with van der Waals surface area (Å²) in [7, 11) is 0. The third-order valence-electron chi connectivity index (χ3n) is 4.55. The Hall–Kier alpha value is -3.29. The molecule has 0 amide bonds. The summed E-state index contributed by atoms with van der Waals surface area (Å²) in [5.41, 5.74) is 2.71. The van der Waals surface area contributed by atoms with Crippen LogP contribution in [0.25, 0.3) is 17.0 Å². The van der Waals surface area contributed by atoms with Gasteiger partial charge in [0.1, 0.15) is 17.5 Å². The van der Waals surface area contributed by atoms with E-state index in [0.717, 1.165) is 66.7 Å². The Kier molecular flexibility index (Phi) is 5.27. The zero-order valence-electron chi connectivity index (χ0n) is 16.2. The molecule has 0 bridgehead atoms. The first-order valence-corrected chi connectivity index (χ1v) is 9.63. The van der Waals surface area contributed by atoms with Gasteiger partial charge >= 0.3 is 0 Å². The van der Waals surface area contributed by atoms with Crippen molar-refractivity contribution >= 4 is 11.5 Å². The Morgan fingerprint density at radius 2 is 2.04 bits per heavy atom. The molecule has 4 aromatic rings. The van der Waals surface area contributed by atoms with Gasteiger partial charge in [0, 0.05) is 56.1 Å². The second-order valence-corrected chi connectivity index (χ2v) is 6.73. The second kappa shape index (κ2) is 8.16. The normalized spacial score (nSPS) is 11.2. The third-order valence-corrected chi connectivity index (χ3v) is 4.55. The lowest BCUT2D eigenvalue weighted by Gasteiger charge is -2.10. The molecule has 0 saturated carbocycles. The van der Waals surface area contributed by atoms with Crippen LogP contribution in [-0.4, -0.2) is 40.7 Å². The highest BCUT2D eigenvalue weighted by atomic mass is 15.2. The van der Waals surface area contributed by atoms with Gasteiger partial charge in [-0.05, 0) is 19.4 Å². The summed E-state index contributed by atoms with van der Waals surface area (Å²) in [5.74, 6) is 2.64. The van der Waals surface area contributed by atoms with Crippen LogP contribution >= 0.6 is 0 Å². The summed E-state index contributed by atoms with van der Waals surface area (Å²) in [6.07, 6.45) is 12.4. The molecular weight excluding hydrogens is 352 g/mol. The monoisotopic (exact) mass is 376 g/mol. The molecule has 0 radical (unpaired) electrons. The lowest BCUT2D eigenvalue weighted by molar-refractivity contribution is 0.726. The van der Waals surface area contributed by atoms with Crippen molar-refractivity contribution in [1.29, 1.82) is 0 Å². The van der Waals surface area contributed by atoms with Gasteiger partial charge in [-0.15, -0.1) is 0 Å². The minimum atomic E-state index is 0.736. The molecule has 8 heteroatoms. The van der Waals surface area contributed by atoms with Gasteiger partial charge in [0.05, 0.1) is 11.8 Å². The molecule has 0 aliphatic heterocycles. The first-order valence-electron chi connectivity index (χ1n) is 9.63. The largest absolute Gasteiger partial charge is 0.368 e. The van der Waals surface area contributed by atoms with E-state index in [-0.39, 0.29) is 0 Å². The van der Waals surface area contributed by atoms with Crippen LogP contribution in [0.5, 0.6) is 0 Å². The Labute approximate surface area is 163 Å². The zero-order chi connectivity index (χ0) is 19.3. The summed E-state index contributed by atoms with van der Waals surface area (Å²) >= 11 is 0. The molecule has 0 spiro atoms. The maximum absolute atomic E-state index is 4.63. The minimum absolute atomic E-state index is 0.736. The van der Waals surface area contributed by atoms with Crippen molar-refractivity contribution in [2.45, 2.75) is 39.7 Å². The number of rotatable bonds is 8. The smallest absolute Gasteiger partial charge is 0.165 e. The van der Waals surface area contributed by atoms with Gasteiger partial charge in [0.15, 0.2) is 5.65 Å². The molecule has 4 aromatic heterocycles. The molecule has 0 aliphatic rings. The van der Waals surface area contributed by atoms with Gasteiger partial charge in [-0.3, -0.25) is 0 Å². The van der Waals surface area contributed by atoms with Crippen molar-refractivity contribution in [2.24, 2.45) is 0 Å². The number of aromatic nitrogens is 7. The highest BCUT2D eigenvalue weighted by Crippen LogP contribution is 2.21. The van der Waals surface area contributed by atoms with Gasteiger partial charge in [-0.2, -0.15) is 5.10 Å². The lowest BCUT2D eigenvalue weighted by atomic mass is 10.2. The zero-order valence-corrected chi connectivity index (χ0v) is 16.2. The van der Waals surface area contributed by atoms with Crippen molar-refractivity contribution in [3.8, 4) is 11.4 Å². The van der Waals surface area contributed by atoms with Gasteiger partial charge in [0.2, 0.25) is 0 Å². The van der Waals surface area contributed by atoms with Crippen LogP contribution in [0.1, 0.15) is 31.3 Å². The Morgan fingerprint density at radius 1 is 1.11 bits per heavy atom. The molecule has 0 fully saturated rings. The van der Waals surface area contributed by atoms with E-state index in [1.165, 1.54) is 0 Å². The molecule has 4 heterocycles. The van der Waals surface area contributed by atoms with Crippen LogP contribution in [0.15, 0.2) is 43.1 Å². The fourth-order valence-corrected chi connectivity index (χ4v) is 3.19. The van der Waals surface area contributed by atoms with E-state index in [0.29, 0.717) is 0 Å². The molecule has 0 atom stereocenters. The number of unbranched alkanes of at least 4 members (excludes halogenated alkanes) is 1. The van der Waals surface area contributed by atoms with Gasteiger partial charge < -0.3 is 9.88 Å². The standard InChI is InChI=1S/C20H24N8/c1-3-4-6-17-25-15(2)13-18(26-17)21-8-11-27-12-9-23-19(27)16-14-24-28-10-5-7-22-20(16)28/h5,7,9-10,12-14H,3-4,6,8,11H2,1-2H3,(H,21,25,26). The van der Waals surface area contributed by atoms with Crippen LogP contribution < -0.4 is 5.32 Å². The van der Waals surface area contributed by atoms with E-state index in [2.05, 4.69) is 41.8 Å². The number of imidazole rings is 1. The van der Waals surface area contributed by atoms with Gasteiger partial charge in [-0.25, -0.2) is 24.5 Å². The molecule has 144 valence electrons. The first kappa shape index (κ1) is 18.1. The first-order chi connectivity index (χ1) is 13.7. The molecule has 8 nitrogen and oxygen atoms in total. The van der Waals surface area contributed by atoms with Gasteiger partial charge in [0.25, 0.3) is 0 Å². The topological polar surface area (TPSA) is 85.8 Å². The Balaban J connectivity index is 1.46. The summed E-state index contributed by atoms with van der Waals surface area (Å²) in [5, 5.41) is 7.77. The maximum atomic E-state index is 4.63. The molecule has 0 aliphatic carbocycles. The number of hydrogen-bond acceptors (Lipinski definition) is 6. The number of hydrogen-bond donors (Lipinski definition) is 1. The minimum Gasteiger partial charge on any atom is -0.368 e. The Morgan fingerprint density at radius 3 is 2.93 bits per heavy atom.